The van der Waals surface area contributed by atoms with Gasteiger partial charge in [0, 0.05) is 12.1 Å². The van der Waals surface area contributed by atoms with E-state index in [9.17, 15) is 19.7 Å². The monoisotopic (exact) mass is 307 g/mol. The summed E-state index contributed by atoms with van der Waals surface area (Å²) in [6, 6.07) is 14.8. The molecular weight excluding hydrogens is 294 g/mol. The molecule has 0 atom stereocenters. The summed E-state index contributed by atoms with van der Waals surface area (Å²) in [4.78, 5) is 33.5. The van der Waals surface area contributed by atoms with Gasteiger partial charge in [-0.15, -0.1) is 0 Å². The van der Waals surface area contributed by atoms with Crippen molar-refractivity contribution in [1.82, 2.24) is 0 Å². The second-order valence-corrected chi connectivity index (χ2v) is 4.65. The molecule has 0 aromatic heterocycles. The Balaban J connectivity index is 1.99. The van der Waals surface area contributed by atoms with E-state index in [1.54, 1.807) is 6.08 Å². The molecule has 5 nitrogen and oxygen atoms in total. The standard InChI is InChI=1S/C18H13NO4/c20-17(12-8-14-4-2-1-3-5-14)18(21)13-9-15-6-10-16(11-7-15)19(22)23/h1-13H/b12-8+,13-9+. The van der Waals surface area contributed by atoms with Crippen molar-refractivity contribution in [3.8, 4) is 0 Å². The summed E-state index contributed by atoms with van der Waals surface area (Å²) in [7, 11) is 0. The lowest BCUT2D eigenvalue weighted by atomic mass is 10.1. The largest absolute Gasteiger partial charge is 0.286 e. The summed E-state index contributed by atoms with van der Waals surface area (Å²) in [5.41, 5.74) is 1.40. The molecule has 0 unspecified atom stereocenters. The highest BCUT2D eigenvalue weighted by molar-refractivity contribution is 6.46. The van der Waals surface area contributed by atoms with E-state index < -0.39 is 16.5 Å². The molecule has 23 heavy (non-hydrogen) atoms. The van der Waals surface area contributed by atoms with E-state index in [0.29, 0.717) is 5.56 Å². The average Bonchev–Trinajstić information content (AvgIpc) is 2.58. The molecule has 0 heterocycles. The minimum Gasteiger partial charge on any atom is -0.286 e. The summed E-state index contributed by atoms with van der Waals surface area (Å²) in [5, 5.41) is 10.5. The maximum absolute atomic E-state index is 11.7. The van der Waals surface area contributed by atoms with Gasteiger partial charge in [0.2, 0.25) is 11.6 Å². The molecule has 0 N–H and O–H groups in total. The number of carbonyl (C=O) groups excluding carboxylic acids is 2. The fourth-order valence-electron chi connectivity index (χ4n) is 1.78. The molecule has 2 aromatic rings. The van der Waals surface area contributed by atoms with Crippen LogP contribution in [0.5, 0.6) is 0 Å². The number of nitro groups is 1. The third kappa shape index (κ3) is 4.86. The number of rotatable bonds is 6. The van der Waals surface area contributed by atoms with Gasteiger partial charge in [0.05, 0.1) is 4.92 Å². The molecular formula is C18H13NO4. The zero-order valence-corrected chi connectivity index (χ0v) is 12.1. The Labute approximate surface area is 132 Å². The molecule has 0 fully saturated rings. The first kappa shape index (κ1) is 16.0. The minimum absolute atomic E-state index is 0.0321. The van der Waals surface area contributed by atoms with Crippen molar-refractivity contribution in [3.05, 3.63) is 88.0 Å². The van der Waals surface area contributed by atoms with Gasteiger partial charge in [-0.25, -0.2) is 0 Å². The second kappa shape index (κ2) is 7.61. The van der Waals surface area contributed by atoms with Crippen LogP contribution in [0.15, 0.2) is 66.7 Å². The number of hydrogen-bond acceptors (Lipinski definition) is 4. The van der Waals surface area contributed by atoms with Gasteiger partial charge < -0.3 is 0 Å². The fourth-order valence-corrected chi connectivity index (χ4v) is 1.78. The summed E-state index contributed by atoms with van der Waals surface area (Å²) >= 11 is 0. The van der Waals surface area contributed by atoms with Crippen molar-refractivity contribution in [1.29, 1.82) is 0 Å². The van der Waals surface area contributed by atoms with Gasteiger partial charge in [-0.05, 0) is 35.4 Å². The minimum atomic E-state index is -0.657. The van der Waals surface area contributed by atoms with E-state index in [1.807, 2.05) is 30.3 Å². The van der Waals surface area contributed by atoms with Crippen molar-refractivity contribution in [3.63, 3.8) is 0 Å². The smallest absolute Gasteiger partial charge is 0.269 e. The predicted molar refractivity (Wildman–Crippen MR) is 87.6 cm³/mol. The Kier molecular flexibility index (Phi) is 5.30. The maximum Gasteiger partial charge on any atom is 0.269 e. The van der Waals surface area contributed by atoms with Gasteiger partial charge in [-0.1, -0.05) is 42.5 Å². The highest BCUT2D eigenvalue weighted by Gasteiger charge is 2.06. The Bertz CT molecular complexity index is 774. The molecule has 0 spiro atoms. The summed E-state index contributed by atoms with van der Waals surface area (Å²) in [6.45, 7) is 0. The topological polar surface area (TPSA) is 77.3 Å². The maximum atomic E-state index is 11.7. The number of non-ortho nitro benzene ring substituents is 1. The molecule has 0 radical (unpaired) electrons. The van der Waals surface area contributed by atoms with Crippen LogP contribution in [0.2, 0.25) is 0 Å². The lowest BCUT2D eigenvalue weighted by Crippen LogP contribution is -2.06. The molecule has 114 valence electrons. The zero-order valence-electron chi connectivity index (χ0n) is 12.1. The lowest BCUT2D eigenvalue weighted by molar-refractivity contribution is -0.384. The van der Waals surface area contributed by atoms with Crippen LogP contribution in [0.25, 0.3) is 12.2 Å². The molecule has 0 amide bonds. The quantitative estimate of drug-likeness (QED) is 0.354. The molecule has 0 saturated carbocycles. The van der Waals surface area contributed by atoms with Gasteiger partial charge in [0.1, 0.15) is 0 Å². The Hall–Kier alpha value is -3.34. The lowest BCUT2D eigenvalue weighted by Gasteiger charge is -1.94. The van der Waals surface area contributed by atoms with Crippen LogP contribution in [0.1, 0.15) is 11.1 Å². The van der Waals surface area contributed by atoms with Crippen LogP contribution in [-0.2, 0) is 9.59 Å². The molecule has 2 aromatic carbocycles. The van der Waals surface area contributed by atoms with Crippen LogP contribution >= 0.6 is 0 Å². The molecule has 0 aliphatic heterocycles. The van der Waals surface area contributed by atoms with E-state index >= 15 is 0 Å². The van der Waals surface area contributed by atoms with Crippen LogP contribution in [0, 0.1) is 10.1 Å². The van der Waals surface area contributed by atoms with Crippen molar-refractivity contribution < 1.29 is 14.5 Å². The van der Waals surface area contributed by atoms with Crippen molar-refractivity contribution >= 4 is 29.4 Å². The van der Waals surface area contributed by atoms with Crippen LogP contribution in [0.4, 0.5) is 5.69 Å². The number of carbonyl (C=O) groups is 2. The molecule has 0 aliphatic carbocycles. The van der Waals surface area contributed by atoms with Gasteiger partial charge in [0.25, 0.3) is 5.69 Å². The summed E-state index contributed by atoms with van der Waals surface area (Å²) in [5.74, 6) is -1.29. The highest BCUT2D eigenvalue weighted by atomic mass is 16.6. The van der Waals surface area contributed by atoms with Crippen LogP contribution < -0.4 is 0 Å². The van der Waals surface area contributed by atoms with Crippen LogP contribution in [-0.4, -0.2) is 16.5 Å². The molecule has 0 bridgehead atoms. The SMILES string of the molecule is O=C(/C=C/c1ccccc1)C(=O)/C=C/c1ccc([N+](=O)[O-])cc1. The molecule has 0 saturated heterocycles. The fraction of sp³-hybridized carbons (Fsp3) is 0. The first-order valence-corrected chi connectivity index (χ1v) is 6.80. The molecule has 2 rings (SSSR count). The van der Waals surface area contributed by atoms with Gasteiger partial charge in [0.15, 0.2) is 0 Å². The average molecular weight is 307 g/mol. The van der Waals surface area contributed by atoms with E-state index in [0.717, 1.165) is 11.6 Å². The highest BCUT2D eigenvalue weighted by Crippen LogP contribution is 2.12. The number of benzene rings is 2. The zero-order chi connectivity index (χ0) is 16.7. The van der Waals surface area contributed by atoms with E-state index in [-0.39, 0.29) is 5.69 Å². The first-order chi connectivity index (χ1) is 11.1. The Morgan fingerprint density at radius 1 is 0.783 bits per heavy atom. The third-order valence-corrected chi connectivity index (χ3v) is 3.00. The predicted octanol–water partition coefficient (Wildman–Crippen LogP) is 3.46. The van der Waals surface area contributed by atoms with Crippen molar-refractivity contribution in [2.75, 3.05) is 0 Å². The normalized spacial score (nSPS) is 11.0. The van der Waals surface area contributed by atoms with E-state index in [4.69, 9.17) is 0 Å². The van der Waals surface area contributed by atoms with Gasteiger partial charge >= 0.3 is 0 Å². The number of nitrogens with zero attached hydrogens (tertiary/aromatic N) is 1. The first-order valence-electron chi connectivity index (χ1n) is 6.80. The van der Waals surface area contributed by atoms with Crippen molar-refractivity contribution in [2.24, 2.45) is 0 Å². The van der Waals surface area contributed by atoms with Crippen molar-refractivity contribution in [2.45, 2.75) is 0 Å². The third-order valence-electron chi connectivity index (χ3n) is 3.00. The van der Waals surface area contributed by atoms with Gasteiger partial charge in [-0.3, -0.25) is 19.7 Å². The van der Waals surface area contributed by atoms with E-state index in [2.05, 4.69) is 0 Å². The van der Waals surface area contributed by atoms with Gasteiger partial charge in [-0.2, -0.15) is 0 Å². The van der Waals surface area contributed by atoms with Crippen LogP contribution in [0.3, 0.4) is 0 Å². The molecule has 5 heteroatoms. The Morgan fingerprint density at radius 3 is 1.74 bits per heavy atom. The molecule has 0 aliphatic rings. The summed E-state index contributed by atoms with van der Waals surface area (Å²) in [6.07, 6.45) is 5.39. The number of allylic oxidation sites excluding steroid dienone is 2. The van der Waals surface area contributed by atoms with E-state index in [1.165, 1.54) is 36.4 Å². The number of ketones is 2. The second-order valence-electron chi connectivity index (χ2n) is 4.65. The Morgan fingerprint density at radius 2 is 1.26 bits per heavy atom. The number of hydrogen-bond donors (Lipinski definition) is 0. The number of nitro benzene ring substituents is 1. The summed E-state index contributed by atoms with van der Waals surface area (Å²) < 4.78 is 0.